The highest BCUT2D eigenvalue weighted by molar-refractivity contribution is 7.99. The quantitative estimate of drug-likeness (QED) is 0.710. The fraction of sp³-hybridized carbons (Fsp3) is 0.250. The van der Waals surface area contributed by atoms with Crippen LogP contribution in [0.1, 0.15) is 18.5 Å². The van der Waals surface area contributed by atoms with Crippen molar-refractivity contribution in [3.05, 3.63) is 64.1 Å². The molecule has 20 heavy (non-hydrogen) atoms. The summed E-state index contributed by atoms with van der Waals surface area (Å²) >= 11 is 14.2. The third kappa shape index (κ3) is 4.42. The van der Waals surface area contributed by atoms with Gasteiger partial charge < -0.3 is 5.32 Å². The van der Waals surface area contributed by atoms with E-state index in [4.69, 9.17) is 23.2 Å². The van der Waals surface area contributed by atoms with Crippen molar-refractivity contribution in [3.8, 4) is 0 Å². The Morgan fingerprint density at radius 3 is 2.55 bits per heavy atom. The Hall–Kier alpha value is -0.670. The molecule has 0 fully saturated rings. The zero-order valence-electron chi connectivity index (χ0n) is 11.3. The molecule has 1 N–H and O–H groups in total. The van der Waals surface area contributed by atoms with Crippen LogP contribution in [0.4, 0.5) is 0 Å². The molecule has 0 saturated heterocycles. The third-order valence-corrected chi connectivity index (χ3v) is 4.63. The minimum atomic E-state index is 0.191. The summed E-state index contributed by atoms with van der Waals surface area (Å²) in [5.41, 5.74) is 1.06. The summed E-state index contributed by atoms with van der Waals surface area (Å²) in [4.78, 5) is 1.26. The van der Waals surface area contributed by atoms with Gasteiger partial charge in [-0.2, -0.15) is 0 Å². The number of thioether (sulfide) groups is 1. The molecule has 1 unspecified atom stereocenters. The van der Waals surface area contributed by atoms with Gasteiger partial charge in [-0.15, -0.1) is 11.8 Å². The molecular formula is C16H17Cl2NS. The number of halogens is 2. The summed E-state index contributed by atoms with van der Waals surface area (Å²) in [7, 11) is 0. The van der Waals surface area contributed by atoms with Crippen molar-refractivity contribution in [1.29, 1.82) is 0 Å². The van der Waals surface area contributed by atoms with E-state index in [1.54, 1.807) is 0 Å². The van der Waals surface area contributed by atoms with Gasteiger partial charge in [-0.05, 0) is 42.4 Å². The lowest BCUT2D eigenvalue weighted by Crippen LogP contribution is -2.23. The maximum Gasteiger partial charge on any atom is 0.0455 e. The fourth-order valence-electron chi connectivity index (χ4n) is 1.98. The topological polar surface area (TPSA) is 12.0 Å². The average molecular weight is 326 g/mol. The van der Waals surface area contributed by atoms with E-state index in [1.807, 2.05) is 36.0 Å². The number of benzene rings is 2. The van der Waals surface area contributed by atoms with Crippen LogP contribution in [-0.4, -0.2) is 12.3 Å². The first kappa shape index (κ1) is 15.7. The monoisotopic (exact) mass is 325 g/mol. The maximum absolute atomic E-state index is 6.30. The molecule has 0 bridgehead atoms. The van der Waals surface area contributed by atoms with Gasteiger partial charge in [-0.25, -0.2) is 0 Å². The number of nitrogens with one attached hydrogen (secondary N) is 1. The maximum atomic E-state index is 6.30. The molecule has 0 saturated carbocycles. The first-order valence-corrected chi connectivity index (χ1v) is 8.31. The molecule has 2 aromatic rings. The Balaban J connectivity index is 2.12. The minimum Gasteiger partial charge on any atom is -0.309 e. The summed E-state index contributed by atoms with van der Waals surface area (Å²) in [6.07, 6.45) is 0. The van der Waals surface area contributed by atoms with Crippen molar-refractivity contribution >= 4 is 35.0 Å². The Morgan fingerprint density at radius 1 is 1.10 bits per heavy atom. The van der Waals surface area contributed by atoms with Crippen molar-refractivity contribution in [2.45, 2.75) is 17.9 Å². The molecule has 0 aliphatic rings. The van der Waals surface area contributed by atoms with Gasteiger partial charge >= 0.3 is 0 Å². The molecule has 0 spiro atoms. The van der Waals surface area contributed by atoms with E-state index in [0.717, 1.165) is 27.9 Å². The molecule has 4 heteroatoms. The first-order valence-electron chi connectivity index (χ1n) is 6.57. The molecule has 0 radical (unpaired) electrons. The SMILES string of the molecule is CCNC(CSc1ccccc1)c1cc(Cl)ccc1Cl. The van der Waals surface area contributed by atoms with E-state index in [0.29, 0.717) is 0 Å². The molecule has 2 rings (SSSR count). The Kier molecular flexibility index (Phi) is 6.24. The van der Waals surface area contributed by atoms with Crippen LogP contribution in [0.2, 0.25) is 10.0 Å². The van der Waals surface area contributed by atoms with Crippen LogP contribution in [0.5, 0.6) is 0 Å². The van der Waals surface area contributed by atoms with Crippen molar-refractivity contribution in [2.24, 2.45) is 0 Å². The number of hydrogen-bond acceptors (Lipinski definition) is 2. The van der Waals surface area contributed by atoms with Gasteiger partial charge in [0.25, 0.3) is 0 Å². The lowest BCUT2D eigenvalue weighted by Gasteiger charge is -2.19. The Labute approximate surface area is 134 Å². The highest BCUT2D eigenvalue weighted by Crippen LogP contribution is 2.30. The summed E-state index contributed by atoms with van der Waals surface area (Å²) in [5, 5.41) is 4.95. The van der Waals surface area contributed by atoms with Crippen molar-refractivity contribution in [2.75, 3.05) is 12.3 Å². The normalized spacial score (nSPS) is 12.3. The predicted molar refractivity (Wildman–Crippen MR) is 90.0 cm³/mol. The third-order valence-electron chi connectivity index (χ3n) is 2.94. The van der Waals surface area contributed by atoms with Crippen LogP contribution in [-0.2, 0) is 0 Å². The molecule has 2 aromatic carbocycles. The van der Waals surface area contributed by atoms with Gasteiger partial charge in [0.2, 0.25) is 0 Å². The van der Waals surface area contributed by atoms with Crippen LogP contribution in [0.3, 0.4) is 0 Å². The van der Waals surface area contributed by atoms with Crippen LogP contribution in [0, 0.1) is 0 Å². The molecule has 0 aliphatic carbocycles. The highest BCUT2D eigenvalue weighted by atomic mass is 35.5. The number of hydrogen-bond donors (Lipinski definition) is 1. The first-order chi connectivity index (χ1) is 9.70. The average Bonchev–Trinajstić information content (AvgIpc) is 2.47. The minimum absolute atomic E-state index is 0.191. The summed E-state index contributed by atoms with van der Waals surface area (Å²) < 4.78 is 0. The molecule has 0 heterocycles. The van der Waals surface area contributed by atoms with Gasteiger partial charge in [0.1, 0.15) is 0 Å². The zero-order chi connectivity index (χ0) is 14.4. The highest BCUT2D eigenvalue weighted by Gasteiger charge is 2.14. The van der Waals surface area contributed by atoms with E-state index >= 15 is 0 Å². The van der Waals surface area contributed by atoms with E-state index in [1.165, 1.54) is 4.90 Å². The second-order valence-electron chi connectivity index (χ2n) is 4.40. The molecule has 0 amide bonds. The fourth-order valence-corrected chi connectivity index (χ4v) is 3.42. The second-order valence-corrected chi connectivity index (χ2v) is 6.34. The molecule has 0 aromatic heterocycles. The van der Waals surface area contributed by atoms with E-state index in [-0.39, 0.29) is 6.04 Å². The predicted octanol–water partition coefficient (Wildman–Crippen LogP) is 5.44. The lowest BCUT2D eigenvalue weighted by atomic mass is 10.1. The van der Waals surface area contributed by atoms with Gasteiger partial charge in [0, 0.05) is 26.7 Å². The van der Waals surface area contributed by atoms with Crippen molar-refractivity contribution in [3.63, 3.8) is 0 Å². The Bertz CT molecular complexity index is 545. The Morgan fingerprint density at radius 2 is 1.85 bits per heavy atom. The smallest absolute Gasteiger partial charge is 0.0455 e. The number of rotatable bonds is 6. The van der Waals surface area contributed by atoms with E-state index in [9.17, 15) is 0 Å². The lowest BCUT2D eigenvalue weighted by molar-refractivity contribution is 0.606. The summed E-state index contributed by atoms with van der Waals surface area (Å²) in [5.74, 6) is 0.915. The van der Waals surface area contributed by atoms with Crippen molar-refractivity contribution in [1.82, 2.24) is 5.32 Å². The van der Waals surface area contributed by atoms with Crippen molar-refractivity contribution < 1.29 is 0 Å². The summed E-state index contributed by atoms with van der Waals surface area (Å²) in [6.45, 7) is 2.99. The van der Waals surface area contributed by atoms with Crippen LogP contribution in [0.25, 0.3) is 0 Å². The second kappa shape index (κ2) is 7.94. The largest absolute Gasteiger partial charge is 0.309 e. The van der Waals surface area contributed by atoms with Crippen LogP contribution >= 0.6 is 35.0 Å². The molecule has 1 nitrogen and oxygen atoms in total. The standard InChI is InChI=1S/C16H17Cl2NS/c1-2-19-16(11-20-13-6-4-3-5-7-13)14-10-12(17)8-9-15(14)18/h3-10,16,19H,2,11H2,1H3. The van der Waals surface area contributed by atoms with E-state index < -0.39 is 0 Å². The van der Waals surface area contributed by atoms with Gasteiger partial charge in [0.15, 0.2) is 0 Å². The van der Waals surface area contributed by atoms with Crippen LogP contribution in [0.15, 0.2) is 53.4 Å². The van der Waals surface area contributed by atoms with Gasteiger partial charge in [-0.3, -0.25) is 0 Å². The van der Waals surface area contributed by atoms with Crippen LogP contribution < -0.4 is 5.32 Å². The van der Waals surface area contributed by atoms with Gasteiger partial charge in [0.05, 0.1) is 0 Å². The molecule has 0 aliphatic heterocycles. The molecule has 1 atom stereocenters. The summed E-state index contributed by atoms with van der Waals surface area (Å²) in [6, 6.07) is 16.2. The molecule has 106 valence electrons. The van der Waals surface area contributed by atoms with Gasteiger partial charge in [-0.1, -0.05) is 48.3 Å². The van der Waals surface area contributed by atoms with E-state index in [2.05, 4.69) is 36.5 Å². The molecular weight excluding hydrogens is 309 g/mol. The zero-order valence-corrected chi connectivity index (χ0v) is 13.6.